The Morgan fingerprint density at radius 3 is 3.00 bits per heavy atom. The number of thiophene rings is 1. The summed E-state index contributed by atoms with van der Waals surface area (Å²) in [5.41, 5.74) is 0.667. The Labute approximate surface area is 121 Å². The van der Waals surface area contributed by atoms with Crippen LogP contribution in [0.2, 0.25) is 0 Å². The molecule has 0 bridgehead atoms. The Balaban J connectivity index is 2.12. The lowest BCUT2D eigenvalue weighted by Crippen LogP contribution is -2.50. The molecule has 1 aliphatic rings. The van der Waals surface area contributed by atoms with Crippen LogP contribution in [0.15, 0.2) is 11.4 Å². The van der Waals surface area contributed by atoms with Gasteiger partial charge in [-0.1, -0.05) is 11.8 Å². The second-order valence-corrected chi connectivity index (χ2v) is 5.40. The van der Waals surface area contributed by atoms with Gasteiger partial charge in [-0.15, -0.1) is 11.3 Å². The van der Waals surface area contributed by atoms with Gasteiger partial charge >= 0.3 is 0 Å². The van der Waals surface area contributed by atoms with Crippen molar-refractivity contribution >= 4 is 23.2 Å². The van der Waals surface area contributed by atoms with E-state index in [2.05, 4.69) is 11.8 Å². The van der Waals surface area contributed by atoms with Crippen LogP contribution in [-0.2, 0) is 4.79 Å². The van der Waals surface area contributed by atoms with Crippen molar-refractivity contribution in [1.29, 1.82) is 0 Å². The monoisotopic (exact) mass is 292 g/mol. The maximum Gasteiger partial charge on any atom is 0.265 e. The van der Waals surface area contributed by atoms with Crippen molar-refractivity contribution in [2.45, 2.75) is 6.42 Å². The van der Waals surface area contributed by atoms with Gasteiger partial charge in [0.1, 0.15) is 11.4 Å². The van der Waals surface area contributed by atoms with Gasteiger partial charge in [-0.2, -0.15) is 0 Å². The Hall–Kier alpha value is -1.84. The van der Waals surface area contributed by atoms with Gasteiger partial charge < -0.3 is 14.9 Å². The van der Waals surface area contributed by atoms with Crippen LogP contribution in [0.4, 0.5) is 0 Å². The first-order valence-corrected chi connectivity index (χ1v) is 7.22. The van der Waals surface area contributed by atoms with Crippen molar-refractivity contribution in [2.75, 3.05) is 33.3 Å². The third-order valence-corrected chi connectivity index (χ3v) is 3.97. The van der Waals surface area contributed by atoms with E-state index >= 15 is 0 Å². The zero-order valence-electron chi connectivity index (χ0n) is 11.3. The lowest BCUT2D eigenvalue weighted by molar-refractivity contribution is -0.133. The number of hydrogen-bond donors (Lipinski definition) is 1. The molecule has 0 unspecified atom stereocenters. The van der Waals surface area contributed by atoms with Gasteiger partial charge in [0.25, 0.3) is 5.91 Å². The van der Waals surface area contributed by atoms with E-state index in [9.17, 15) is 9.59 Å². The fourth-order valence-electron chi connectivity index (χ4n) is 1.86. The number of carbonyl (C=O) groups is 2. The topological polar surface area (TPSA) is 60.9 Å². The molecule has 0 atom stereocenters. The van der Waals surface area contributed by atoms with Crippen LogP contribution in [0.25, 0.3) is 0 Å². The van der Waals surface area contributed by atoms with Gasteiger partial charge in [0.15, 0.2) is 0 Å². The molecule has 20 heavy (non-hydrogen) atoms. The van der Waals surface area contributed by atoms with Crippen molar-refractivity contribution in [3.8, 4) is 11.8 Å². The van der Waals surface area contributed by atoms with Crippen molar-refractivity contribution in [1.82, 2.24) is 9.80 Å². The first-order chi connectivity index (χ1) is 9.63. The third-order valence-electron chi connectivity index (χ3n) is 3.06. The summed E-state index contributed by atoms with van der Waals surface area (Å²) in [7, 11) is 1.74. The molecule has 1 fully saturated rings. The standard InChI is InChI=1S/C14H16N2O3S/c1-15-6-7-16(10-12(15)18)14(19)13-11(5-9-20-13)4-2-3-8-17/h5,9,17H,3,6-8,10H2,1H3. The molecule has 6 heteroatoms. The SMILES string of the molecule is CN1CCN(C(=O)c2sccc2C#CCCO)CC1=O. The van der Waals surface area contributed by atoms with Gasteiger partial charge in [0.2, 0.25) is 5.91 Å². The van der Waals surface area contributed by atoms with Crippen LogP contribution < -0.4 is 0 Å². The molecular weight excluding hydrogens is 276 g/mol. The molecule has 1 aliphatic heterocycles. The summed E-state index contributed by atoms with van der Waals surface area (Å²) in [4.78, 5) is 27.8. The number of aliphatic hydroxyl groups is 1. The fourth-order valence-corrected chi connectivity index (χ4v) is 2.68. The minimum Gasteiger partial charge on any atom is -0.395 e. The highest BCUT2D eigenvalue weighted by Crippen LogP contribution is 2.19. The zero-order valence-corrected chi connectivity index (χ0v) is 12.1. The number of likely N-dealkylation sites (N-methyl/N-ethyl adjacent to an activating group) is 1. The molecule has 1 saturated heterocycles. The Kier molecular flexibility index (Phi) is 4.77. The molecule has 1 aromatic heterocycles. The molecule has 2 amide bonds. The highest BCUT2D eigenvalue weighted by molar-refractivity contribution is 7.12. The lowest BCUT2D eigenvalue weighted by atomic mass is 10.2. The molecule has 0 radical (unpaired) electrons. The van der Waals surface area contributed by atoms with Crippen LogP contribution in [0, 0.1) is 11.8 Å². The van der Waals surface area contributed by atoms with E-state index in [1.165, 1.54) is 11.3 Å². The molecule has 5 nitrogen and oxygen atoms in total. The van der Waals surface area contributed by atoms with Crippen LogP contribution in [-0.4, -0.2) is 60.0 Å². The van der Waals surface area contributed by atoms with Crippen molar-refractivity contribution in [3.63, 3.8) is 0 Å². The first kappa shape index (κ1) is 14.6. The Morgan fingerprint density at radius 1 is 1.50 bits per heavy atom. The molecule has 0 aliphatic carbocycles. The number of amides is 2. The van der Waals surface area contributed by atoms with Crippen LogP contribution in [0.3, 0.4) is 0 Å². The van der Waals surface area contributed by atoms with Gasteiger partial charge in [0.05, 0.1) is 6.61 Å². The second-order valence-electron chi connectivity index (χ2n) is 4.48. The molecule has 2 rings (SSSR count). The summed E-state index contributed by atoms with van der Waals surface area (Å²) >= 11 is 1.33. The van der Waals surface area contributed by atoms with Crippen molar-refractivity contribution < 1.29 is 14.7 Å². The third kappa shape index (κ3) is 3.18. The highest BCUT2D eigenvalue weighted by Gasteiger charge is 2.27. The molecular formula is C14H16N2O3S. The normalized spacial score (nSPS) is 15.0. The van der Waals surface area contributed by atoms with Crippen LogP contribution >= 0.6 is 11.3 Å². The quantitative estimate of drug-likeness (QED) is 0.803. The summed E-state index contributed by atoms with van der Waals surface area (Å²) in [6.45, 7) is 1.23. The molecule has 0 aromatic carbocycles. The smallest absolute Gasteiger partial charge is 0.265 e. The minimum absolute atomic E-state index is 0.00732. The summed E-state index contributed by atoms with van der Waals surface area (Å²) in [6.07, 6.45) is 0.385. The number of carbonyl (C=O) groups excluding carboxylic acids is 2. The van der Waals surface area contributed by atoms with Crippen molar-refractivity contribution in [3.05, 3.63) is 21.9 Å². The molecule has 0 spiro atoms. The highest BCUT2D eigenvalue weighted by atomic mass is 32.1. The van der Waals surface area contributed by atoms with Gasteiger partial charge in [0, 0.05) is 32.1 Å². The predicted molar refractivity (Wildman–Crippen MR) is 76.4 cm³/mol. The van der Waals surface area contributed by atoms with E-state index in [1.807, 2.05) is 5.38 Å². The van der Waals surface area contributed by atoms with Gasteiger partial charge in [-0.05, 0) is 11.4 Å². The average molecular weight is 292 g/mol. The number of piperazine rings is 1. The van der Waals surface area contributed by atoms with E-state index in [0.29, 0.717) is 30.0 Å². The summed E-state index contributed by atoms with van der Waals surface area (Å²) in [6, 6.07) is 1.79. The maximum atomic E-state index is 12.4. The lowest BCUT2D eigenvalue weighted by Gasteiger charge is -2.31. The molecule has 1 aromatic rings. The second kappa shape index (κ2) is 6.55. The van der Waals surface area contributed by atoms with E-state index in [4.69, 9.17) is 5.11 Å². The first-order valence-electron chi connectivity index (χ1n) is 6.34. The fraction of sp³-hybridized carbons (Fsp3) is 0.429. The van der Waals surface area contributed by atoms with E-state index in [0.717, 1.165) is 0 Å². The zero-order chi connectivity index (χ0) is 14.5. The number of nitrogens with zero attached hydrogens (tertiary/aromatic N) is 2. The number of rotatable bonds is 2. The Morgan fingerprint density at radius 2 is 2.30 bits per heavy atom. The van der Waals surface area contributed by atoms with E-state index in [-0.39, 0.29) is 25.0 Å². The summed E-state index contributed by atoms with van der Waals surface area (Å²) in [5, 5.41) is 10.5. The number of aliphatic hydroxyl groups excluding tert-OH is 1. The maximum absolute atomic E-state index is 12.4. The molecule has 1 N–H and O–H groups in total. The molecule has 0 saturated carbocycles. The summed E-state index contributed by atoms with van der Waals surface area (Å²) in [5.74, 6) is 5.51. The van der Waals surface area contributed by atoms with Crippen molar-refractivity contribution in [2.24, 2.45) is 0 Å². The van der Waals surface area contributed by atoms with E-state index < -0.39 is 0 Å². The van der Waals surface area contributed by atoms with Crippen LogP contribution in [0.5, 0.6) is 0 Å². The predicted octanol–water partition coefficient (Wildman–Crippen LogP) is 0.396. The van der Waals surface area contributed by atoms with Gasteiger partial charge in [-0.3, -0.25) is 9.59 Å². The van der Waals surface area contributed by atoms with Crippen LogP contribution in [0.1, 0.15) is 21.7 Å². The minimum atomic E-state index is -0.144. The van der Waals surface area contributed by atoms with Gasteiger partial charge in [-0.25, -0.2) is 0 Å². The average Bonchev–Trinajstić information content (AvgIpc) is 2.90. The summed E-state index contributed by atoms with van der Waals surface area (Å²) < 4.78 is 0. The van der Waals surface area contributed by atoms with E-state index in [1.54, 1.807) is 22.9 Å². The molecule has 106 valence electrons. The largest absolute Gasteiger partial charge is 0.395 e. The molecule has 2 heterocycles. The Bertz CT molecular complexity index is 570. The number of hydrogen-bond acceptors (Lipinski definition) is 4.